The minimum Gasteiger partial charge on any atom is -0.387 e. The van der Waals surface area contributed by atoms with Gasteiger partial charge in [0.1, 0.15) is 0 Å². The summed E-state index contributed by atoms with van der Waals surface area (Å²) in [5.74, 6) is 0. The molecule has 2 nitrogen and oxygen atoms in total. The summed E-state index contributed by atoms with van der Waals surface area (Å²) in [6.07, 6.45) is 0. The quantitative estimate of drug-likeness (QED) is 0.668. The first kappa shape index (κ1) is 11.1. The second-order valence-electron chi connectivity index (χ2n) is 4.44. The summed E-state index contributed by atoms with van der Waals surface area (Å²) < 4.78 is 0. The van der Waals surface area contributed by atoms with Crippen LogP contribution in [0.2, 0.25) is 0 Å². The average Bonchev–Trinajstić information content (AvgIpc) is 2.45. The summed E-state index contributed by atoms with van der Waals surface area (Å²) in [6, 6.07) is 17.1. The van der Waals surface area contributed by atoms with E-state index in [1.807, 2.05) is 7.05 Å². The van der Waals surface area contributed by atoms with Gasteiger partial charge in [-0.25, -0.2) is 0 Å². The van der Waals surface area contributed by atoms with E-state index in [-0.39, 0.29) is 0 Å². The molecule has 0 aliphatic rings. The molecule has 0 fully saturated rings. The molecule has 0 amide bonds. The first-order valence-corrected chi connectivity index (χ1v) is 6.16. The fraction of sp³-hybridized carbons (Fsp3) is 0.125. The number of nitrogens with two attached hydrogens (primary N) is 1. The Morgan fingerprint density at radius 3 is 2.44 bits per heavy atom. The van der Waals surface area contributed by atoms with Crippen molar-refractivity contribution in [2.24, 2.45) is 5.73 Å². The van der Waals surface area contributed by atoms with Gasteiger partial charge in [0.15, 0.2) is 0 Å². The molecule has 3 rings (SSSR count). The summed E-state index contributed by atoms with van der Waals surface area (Å²) in [6.45, 7) is 0.555. The number of anilines is 1. The summed E-state index contributed by atoms with van der Waals surface area (Å²) in [7, 11) is 1.95. The number of fused-ring (bicyclic) bond motifs is 3. The van der Waals surface area contributed by atoms with Crippen LogP contribution in [-0.4, -0.2) is 7.05 Å². The molecule has 0 aromatic heterocycles. The van der Waals surface area contributed by atoms with E-state index >= 15 is 0 Å². The highest BCUT2D eigenvalue weighted by molar-refractivity contribution is 6.11. The zero-order valence-electron chi connectivity index (χ0n) is 10.4. The van der Waals surface area contributed by atoms with Crippen molar-refractivity contribution in [3.8, 4) is 0 Å². The van der Waals surface area contributed by atoms with E-state index in [0.717, 1.165) is 11.3 Å². The Morgan fingerprint density at radius 2 is 1.67 bits per heavy atom. The lowest BCUT2D eigenvalue weighted by Crippen LogP contribution is -2.02. The van der Waals surface area contributed by atoms with Crippen molar-refractivity contribution < 1.29 is 0 Å². The van der Waals surface area contributed by atoms with E-state index in [2.05, 4.69) is 53.8 Å². The summed E-state index contributed by atoms with van der Waals surface area (Å²) in [4.78, 5) is 0. The largest absolute Gasteiger partial charge is 0.387 e. The van der Waals surface area contributed by atoms with Gasteiger partial charge in [0.2, 0.25) is 0 Å². The van der Waals surface area contributed by atoms with Crippen LogP contribution in [0.25, 0.3) is 21.5 Å². The van der Waals surface area contributed by atoms with Gasteiger partial charge >= 0.3 is 0 Å². The molecule has 0 aliphatic heterocycles. The summed E-state index contributed by atoms with van der Waals surface area (Å²) in [5, 5.41) is 8.34. The molecule has 0 heterocycles. The molecule has 3 aromatic rings. The summed E-state index contributed by atoms with van der Waals surface area (Å²) >= 11 is 0. The predicted molar refractivity (Wildman–Crippen MR) is 78.9 cm³/mol. The van der Waals surface area contributed by atoms with Crippen molar-refractivity contribution >= 4 is 27.2 Å². The Bertz CT molecular complexity index is 717. The third-order valence-corrected chi connectivity index (χ3v) is 3.48. The van der Waals surface area contributed by atoms with Gasteiger partial charge in [-0.3, -0.25) is 0 Å². The van der Waals surface area contributed by atoms with Crippen molar-refractivity contribution in [2.45, 2.75) is 6.54 Å². The maximum atomic E-state index is 5.79. The van der Waals surface area contributed by atoms with Gasteiger partial charge < -0.3 is 11.1 Å². The minimum absolute atomic E-state index is 0.555. The monoisotopic (exact) mass is 236 g/mol. The number of nitrogens with one attached hydrogen (secondary N) is 1. The lowest BCUT2D eigenvalue weighted by molar-refractivity contribution is 1.07. The smallest absolute Gasteiger partial charge is 0.0463 e. The molecule has 3 N–H and O–H groups in total. The Kier molecular flexibility index (Phi) is 2.65. The zero-order chi connectivity index (χ0) is 12.5. The highest BCUT2D eigenvalue weighted by Crippen LogP contribution is 2.32. The fourth-order valence-electron chi connectivity index (χ4n) is 2.60. The van der Waals surface area contributed by atoms with Crippen LogP contribution in [0.15, 0.2) is 48.5 Å². The van der Waals surface area contributed by atoms with Gasteiger partial charge in [0.25, 0.3) is 0 Å². The molecule has 3 aromatic carbocycles. The lowest BCUT2D eigenvalue weighted by atomic mass is 9.98. The Balaban J connectivity index is 2.46. The third-order valence-electron chi connectivity index (χ3n) is 3.48. The van der Waals surface area contributed by atoms with Gasteiger partial charge in [-0.05, 0) is 21.7 Å². The molecule has 0 radical (unpaired) electrons. The maximum absolute atomic E-state index is 5.79. The molecule has 0 unspecified atom stereocenters. The van der Waals surface area contributed by atoms with Crippen LogP contribution in [0.3, 0.4) is 0 Å². The molecule has 18 heavy (non-hydrogen) atoms. The van der Waals surface area contributed by atoms with Gasteiger partial charge in [0.05, 0.1) is 0 Å². The normalized spacial score (nSPS) is 11.0. The van der Waals surface area contributed by atoms with Crippen molar-refractivity contribution in [1.82, 2.24) is 0 Å². The van der Waals surface area contributed by atoms with Gasteiger partial charge in [-0.1, -0.05) is 48.5 Å². The van der Waals surface area contributed by atoms with Crippen LogP contribution in [0.4, 0.5) is 5.69 Å². The Morgan fingerprint density at radius 1 is 0.889 bits per heavy atom. The first-order valence-electron chi connectivity index (χ1n) is 6.16. The van der Waals surface area contributed by atoms with E-state index in [0.29, 0.717) is 6.54 Å². The molecule has 0 saturated carbocycles. The van der Waals surface area contributed by atoms with Crippen LogP contribution < -0.4 is 11.1 Å². The van der Waals surface area contributed by atoms with E-state index in [1.54, 1.807) is 0 Å². The zero-order valence-corrected chi connectivity index (χ0v) is 10.4. The predicted octanol–water partition coefficient (Wildman–Crippen LogP) is 3.49. The molecular weight excluding hydrogens is 220 g/mol. The number of rotatable bonds is 2. The lowest BCUT2D eigenvalue weighted by Gasteiger charge is -2.13. The SMILES string of the molecule is CNc1c(CN)ccc2c1ccc1ccccc12. The molecule has 0 spiro atoms. The first-order chi connectivity index (χ1) is 8.85. The van der Waals surface area contributed by atoms with Crippen molar-refractivity contribution in [2.75, 3.05) is 12.4 Å². The van der Waals surface area contributed by atoms with E-state index in [4.69, 9.17) is 5.73 Å². The number of benzene rings is 3. The topological polar surface area (TPSA) is 38.0 Å². The maximum Gasteiger partial charge on any atom is 0.0463 e. The molecule has 0 atom stereocenters. The van der Waals surface area contributed by atoms with E-state index < -0.39 is 0 Å². The van der Waals surface area contributed by atoms with Crippen molar-refractivity contribution in [1.29, 1.82) is 0 Å². The van der Waals surface area contributed by atoms with Gasteiger partial charge in [-0.2, -0.15) is 0 Å². The Labute approximate surface area is 106 Å². The van der Waals surface area contributed by atoms with Crippen molar-refractivity contribution in [3.63, 3.8) is 0 Å². The van der Waals surface area contributed by atoms with Gasteiger partial charge in [0, 0.05) is 24.7 Å². The second kappa shape index (κ2) is 4.31. The highest BCUT2D eigenvalue weighted by atomic mass is 14.8. The molecule has 2 heteroatoms. The number of hydrogen-bond acceptors (Lipinski definition) is 2. The van der Waals surface area contributed by atoms with Crippen LogP contribution in [-0.2, 0) is 6.54 Å². The third kappa shape index (κ3) is 1.54. The van der Waals surface area contributed by atoms with Crippen molar-refractivity contribution in [3.05, 3.63) is 54.1 Å². The van der Waals surface area contributed by atoms with Crippen LogP contribution in [0, 0.1) is 0 Å². The standard InChI is InChI=1S/C16H16N2/c1-18-16-12(10-17)7-8-14-13-5-3-2-4-11(13)6-9-15(14)16/h2-9,18H,10,17H2,1H3. The fourth-order valence-corrected chi connectivity index (χ4v) is 2.60. The van der Waals surface area contributed by atoms with Crippen LogP contribution in [0.5, 0.6) is 0 Å². The molecular formula is C16H16N2. The molecule has 0 bridgehead atoms. The molecule has 0 aliphatic carbocycles. The van der Waals surface area contributed by atoms with Crippen LogP contribution in [0.1, 0.15) is 5.56 Å². The average molecular weight is 236 g/mol. The summed E-state index contributed by atoms with van der Waals surface area (Å²) in [5.41, 5.74) is 8.08. The molecule has 90 valence electrons. The van der Waals surface area contributed by atoms with E-state index in [9.17, 15) is 0 Å². The van der Waals surface area contributed by atoms with E-state index in [1.165, 1.54) is 21.5 Å². The minimum atomic E-state index is 0.555. The van der Waals surface area contributed by atoms with Crippen LogP contribution >= 0.6 is 0 Å². The van der Waals surface area contributed by atoms with Gasteiger partial charge in [-0.15, -0.1) is 0 Å². The second-order valence-corrected chi connectivity index (χ2v) is 4.44. The Hall–Kier alpha value is -2.06. The number of hydrogen-bond donors (Lipinski definition) is 2. The highest BCUT2D eigenvalue weighted by Gasteiger charge is 2.07. The molecule has 0 saturated heterocycles.